The van der Waals surface area contributed by atoms with Gasteiger partial charge < -0.3 is 10.8 Å². The van der Waals surface area contributed by atoms with Gasteiger partial charge in [-0.3, -0.25) is 4.79 Å². The molecule has 0 aromatic rings. The minimum absolute atomic E-state index is 0. The van der Waals surface area contributed by atoms with Gasteiger partial charge >= 0.3 is 5.97 Å². The van der Waals surface area contributed by atoms with Crippen LogP contribution < -0.4 is 5.73 Å². The van der Waals surface area contributed by atoms with Gasteiger partial charge in [0, 0.05) is 0 Å². The first kappa shape index (κ1) is 11.1. The average Bonchev–Trinajstić information content (AvgIpc) is 1.89. The summed E-state index contributed by atoms with van der Waals surface area (Å²) in [6, 6.07) is 0. The number of halogens is 1. The lowest BCUT2D eigenvalue weighted by Crippen LogP contribution is -2.50. The molecule has 0 amide bonds. The van der Waals surface area contributed by atoms with Crippen molar-refractivity contribution in [2.75, 3.05) is 11.5 Å². The summed E-state index contributed by atoms with van der Waals surface area (Å²) in [7, 11) is 0. The number of carboxylic acids is 1. The molecule has 0 aromatic heterocycles. The molecule has 0 aromatic carbocycles. The minimum Gasteiger partial charge on any atom is -0.480 e. The lowest BCUT2D eigenvalue weighted by Gasteiger charge is -2.28. The van der Waals surface area contributed by atoms with E-state index >= 15 is 0 Å². The number of thioether (sulfide) groups is 1. The highest BCUT2D eigenvalue weighted by molar-refractivity contribution is 7.99. The third-order valence-electron chi connectivity index (χ3n) is 1.81. The van der Waals surface area contributed by atoms with Crippen LogP contribution in [0.3, 0.4) is 0 Å². The van der Waals surface area contributed by atoms with Crippen molar-refractivity contribution in [2.24, 2.45) is 5.73 Å². The van der Waals surface area contributed by atoms with Crippen molar-refractivity contribution in [3.05, 3.63) is 0 Å². The monoisotopic (exact) mass is 197 g/mol. The topological polar surface area (TPSA) is 63.3 Å². The van der Waals surface area contributed by atoms with Gasteiger partial charge in [-0.15, -0.1) is 12.4 Å². The Balaban J connectivity index is 0.000001000. The largest absolute Gasteiger partial charge is 0.480 e. The summed E-state index contributed by atoms with van der Waals surface area (Å²) >= 11 is 1.77. The average molecular weight is 198 g/mol. The van der Waals surface area contributed by atoms with Gasteiger partial charge in [-0.25, -0.2) is 0 Å². The van der Waals surface area contributed by atoms with E-state index in [1.165, 1.54) is 0 Å². The summed E-state index contributed by atoms with van der Waals surface area (Å²) in [6.07, 6.45) is 1.21. The predicted octanol–water partition coefficient (Wildman–Crippen LogP) is 0.717. The number of carbonyl (C=O) groups is 1. The van der Waals surface area contributed by atoms with Crippen LogP contribution in [0.4, 0.5) is 0 Å². The molecule has 5 heteroatoms. The van der Waals surface area contributed by atoms with Crippen molar-refractivity contribution in [3.8, 4) is 0 Å². The van der Waals surface area contributed by atoms with Crippen LogP contribution in [-0.2, 0) is 4.79 Å². The Bertz CT molecular complexity index is 148. The first-order chi connectivity index (χ1) is 4.65. The van der Waals surface area contributed by atoms with E-state index in [0.717, 1.165) is 11.5 Å². The molecule has 1 saturated heterocycles. The maximum Gasteiger partial charge on any atom is 0.323 e. The van der Waals surface area contributed by atoms with Crippen LogP contribution in [0.1, 0.15) is 12.8 Å². The van der Waals surface area contributed by atoms with Crippen LogP contribution in [0.25, 0.3) is 0 Å². The Kier molecular flexibility index (Phi) is 4.21. The maximum atomic E-state index is 10.5. The predicted molar refractivity (Wildman–Crippen MR) is 48.4 cm³/mol. The molecule has 1 aliphatic heterocycles. The summed E-state index contributed by atoms with van der Waals surface area (Å²) < 4.78 is 0. The van der Waals surface area contributed by atoms with Gasteiger partial charge in [0.1, 0.15) is 5.54 Å². The molecule has 0 atom stereocenters. The van der Waals surface area contributed by atoms with Crippen LogP contribution in [0.15, 0.2) is 0 Å². The second-order valence-electron chi connectivity index (χ2n) is 2.57. The molecule has 0 bridgehead atoms. The van der Waals surface area contributed by atoms with E-state index in [4.69, 9.17) is 10.8 Å². The van der Waals surface area contributed by atoms with Crippen LogP contribution in [0.2, 0.25) is 0 Å². The van der Waals surface area contributed by atoms with E-state index < -0.39 is 11.5 Å². The third kappa shape index (κ3) is 2.54. The van der Waals surface area contributed by atoms with Gasteiger partial charge in [0.2, 0.25) is 0 Å². The quantitative estimate of drug-likeness (QED) is 0.650. The van der Waals surface area contributed by atoms with Gasteiger partial charge in [-0.2, -0.15) is 11.8 Å². The molecule has 1 fully saturated rings. The van der Waals surface area contributed by atoms with E-state index in [1.54, 1.807) is 11.8 Å². The van der Waals surface area contributed by atoms with E-state index in [0.29, 0.717) is 12.8 Å². The van der Waals surface area contributed by atoms with Crippen LogP contribution >= 0.6 is 24.2 Å². The molecule has 3 N–H and O–H groups in total. The fourth-order valence-electron chi connectivity index (χ4n) is 0.950. The Labute approximate surface area is 76.1 Å². The Morgan fingerprint density at radius 1 is 1.45 bits per heavy atom. The number of hydrogen-bond acceptors (Lipinski definition) is 3. The van der Waals surface area contributed by atoms with Crippen molar-refractivity contribution in [3.63, 3.8) is 0 Å². The second kappa shape index (κ2) is 4.18. The Morgan fingerprint density at radius 2 is 1.91 bits per heavy atom. The van der Waals surface area contributed by atoms with Gasteiger partial charge in [0.15, 0.2) is 0 Å². The molecule has 0 spiro atoms. The number of carboxylic acid groups (broad SMARTS) is 1. The molecule has 0 radical (unpaired) electrons. The highest BCUT2D eigenvalue weighted by Crippen LogP contribution is 2.24. The molecule has 0 unspecified atom stereocenters. The number of aliphatic carboxylic acids is 1. The Hall–Kier alpha value is 0.0700. The van der Waals surface area contributed by atoms with E-state index in [-0.39, 0.29) is 12.4 Å². The number of hydrogen-bond donors (Lipinski definition) is 2. The molecule has 0 saturated carbocycles. The molecule has 11 heavy (non-hydrogen) atoms. The highest BCUT2D eigenvalue weighted by Gasteiger charge is 2.35. The van der Waals surface area contributed by atoms with Crippen LogP contribution in [0, 0.1) is 0 Å². The zero-order chi connectivity index (χ0) is 7.61. The van der Waals surface area contributed by atoms with E-state index in [1.807, 2.05) is 0 Å². The summed E-state index contributed by atoms with van der Waals surface area (Å²) in [5.74, 6) is 0.902. The molecular weight excluding hydrogens is 186 g/mol. The minimum atomic E-state index is -0.925. The zero-order valence-electron chi connectivity index (χ0n) is 6.08. The Morgan fingerprint density at radius 3 is 2.18 bits per heavy atom. The molecular formula is C6H12ClNO2S. The standard InChI is InChI=1S/C6H11NO2S.ClH/c7-6(5(8)9)1-3-10-4-2-6;/h1-4,7H2,(H,8,9);1H. The van der Waals surface area contributed by atoms with Gasteiger partial charge in [0.05, 0.1) is 0 Å². The van der Waals surface area contributed by atoms with Crippen molar-refractivity contribution in [1.82, 2.24) is 0 Å². The van der Waals surface area contributed by atoms with Crippen molar-refractivity contribution in [1.29, 1.82) is 0 Å². The molecule has 66 valence electrons. The highest BCUT2D eigenvalue weighted by atomic mass is 35.5. The van der Waals surface area contributed by atoms with Gasteiger partial charge in [-0.1, -0.05) is 0 Å². The molecule has 1 rings (SSSR count). The molecule has 3 nitrogen and oxygen atoms in total. The maximum absolute atomic E-state index is 10.5. The first-order valence-electron chi connectivity index (χ1n) is 3.25. The fourth-order valence-corrected chi connectivity index (χ4v) is 2.17. The fraction of sp³-hybridized carbons (Fsp3) is 0.833. The summed E-state index contributed by atoms with van der Waals surface area (Å²) in [6.45, 7) is 0. The van der Waals surface area contributed by atoms with Gasteiger partial charge in [-0.05, 0) is 24.3 Å². The first-order valence-corrected chi connectivity index (χ1v) is 4.41. The second-order valence-corrected chi connectivity index (χ2v) is 3.80. The lowest BCUT2D eigenvalue weighted by molar-refractivity contribution is -0.143. The van der Waals surface area contributed by atoms with Crippen LogP contribution in [0.5, 0.6) is 0 Å². The summed E-state index contributed by atoms with van der Waals surface area (Å²) in [4.78, 5) is 10.5. The lowest BCUT2D eigenvalue weighted by atomic mass is 9.94. The number of rotatable bonds is 1. The van der Waals surface area contributed by atoms with E-state index in [2.05, 4.69) is 0 Å². The van der Waals surface area contributed by atoms with Gasteiger partial charge in [0.25, 0.3) is 0 Å². The zero-order valence-corrected chi connectivity index (χ0v) is 7.71. The molecule has 1 aliphatic rings. The number of nitrogens with two attached hydrogens (primary N) is 1. The summed E-state index contributed by atoms with van der Waals surface area (Å²) in [5, 5.41) is 8.66. The SMILES string of the molecule is Cl.NC1(C(=O)O)CCSCC1. The smallest absolute Gasteiger partial charge is 0.323 e. The van der Waals surface area contributed by atoms with Crippen molar-refractivity contribution < 1.29 is 9.90 Å². The molecule has 0 aliphatic carbocycles. The van der Waals surface area contributed by atoms with Crippen LogP contribution in [-0.4, -0.2) is 28.1 Å². The normalized spacial score (nSPS) is 21.9. The van der Waals surface area contributed by atoms with E-state index in [9.17, 15) is 4.79 Å². The molecule has 1 heterocycles. The van der Waals surface area contributed by atoms with Crippen molar-refractivity contribution in [2.45, 2.75) is 18.4 Å². The third-order valence-corrected chi connectivity index (χ3v) is 2.80. The van der Waals surface area contributed by atoms with Crippen molar-refractivity contribution >= 4 is 30.1 Å². The summed E-state index contributed by atoms with van der Waals surface area (Å²) in [5.41, 5.74) is 4.66.